The van der Waals surface area contributed by atoms with Crippen LogP contribution in [0.3, 0.4) is 0 Å². The lowest BCUT2D eigenvalue weighted by Crippen LogP contribution is -2.42. The summed E-state index contributed by atoms with van der Waals surface area (Å²) in [5, 5.41) is 9.38. The zero-order chi connectivity index (χ0) is 20.8. The van der Waals surface area contributed by atoms with Gasteiger partial charge in [0.25, 0.3) is 11.1 Å². The largest absolute Gasteiger partial charge is 0.503 e. The van der Waals surface area contributed by atoms with Crippen LogP contribution in [0.15, 0.2) is 17.0 Å². The summed E-state index contributed by atoms with van der Waals surface area (Å²) in [5.41, 5.74) is 0.495. The first kappa shape index (κ1) is 22.1. The number of aromatic hydroxyl groups is 1. The van der Waals surface area contributed by atoms with Crippen LogP contribution in [-0.4, -0.2) is 58.7 Å². The van der Waals surface area contributed by atoms with Gasteiger partial charge in [-0.05, 0) is 48.4 Å². The summed E-state index contributed by atoms with van der Waals surface area (Å²) >= 11 is 6.72. The number of imide groups is 1. The summed E-state index contributed by atoms with van der Waals surface area (Å²) in [6.07, 6.45) is 3.09. The Bertz CT molecular complexity index is 806. The number of hydrogen-bond donors (Lipinski definition) is 1. The molecule has 1 aromatic carbocycles. The van der Waals surface area contributed by atoms with Gasteiger partial charge < -0.3 is 14.7 Å². The third kappa shape index (κ3) is 4.99. The van der Waals surface area contributed by atoms with Crippen molar-refractivity contribution in [1.82, 2.24) is 9.80 Å². The molecule has 0 radical (unpaired) electrons. The lowest BCUT2D eigenvalue weighted by molar-refractivity contribution is -0.135. The average Bonchev–Trinajstić information content (AvgIpc) is 2.91. The highest BCUT2D eigenvalue weighted by Crippen LogP contribution is 2.37. The molecule has 1 aliphatic rings. The molecule has 3 amide bonds. The second kappa shape index (κ2) is 9.84. The van der Waals surface area contributed by atoms with Crippen molar-refractivity contribution in [1.29, 1.82) is 0 Å². The number of thioether (sulfide) groups is 1. The SMILES string of the molecule is CCCN(CCC)C(=O)CN1C(=O)S/C(=C\c2cc(Cl)c(O)c(OC)c2)C1=O. The zero-order valence-electron chi connectivity index (χ0n) is 16.0. The number of nitrogens with zero attached hydrogens (tertiary/aromatic N) is 2. The molecule has 9 heteroatoms. The second-order valence-electron chi connectivity index (χ2n) is 6.20. The third-order valence-corrected chi connectivity index (χ3v) is 5.27. The molecule has 0 atom stereocenters. The van der Waals surface area contributed by atoms with Gasteiger partial charge in [0.2, 0.25) is 5.91 Å². The minimum absolute atomic E-state index is 0.0646. The van der Waals surface area contributed by atoms with E-state index in [1.54, 1.807) is 4.90 Å². The van der Waals surface area contributed by atoms with E-state index in [-0.39, 0.29) is 33.9 Å². The summed E-state index contributed by atoms with van der Waals surface area (Å²) in [6, 6.07) is 2.97. The van der Waals surface area contributed by atoms with E-state index in [4.69, 9.17) is 16.3 Å². The van der Waals surface area contributed by atoms with Crippen molar-refractivity contribution < 1.29 is 24.2 Å². The molecule has 1 fully saturated rings. The van der Waals surface area contributed by atoms with Crippen molar-refractivity contribution >= 4 is 46.5 Å². The molecule has 2 rings (SSSR count). The molecule has 0 unspecified atom stereocenters. The average molecular weight is 427 g/mol. The van der Waals surface area contributed by atoms with Crippen LogP contribution in [0.2, 0.25) is 5.02 Å². The monoisotopic (exact) mass is 426 g/mol. The maximum atomic E-state index is 12.6. The van der Waals surface area contributed by atoms with E-state index in [1.165, 1.54) is 25.3 Å². The summed E-state index contributed by atoms with van der Waals surface area (Å²) in [4.78, 5) is 40.2. The van der Waals surface area contributed by atoms with Crippen LogP contribution in [0, 0.1) is 0 Å². The lowest BCUT2D eigenvalue weighted by Gasteiger charge is -2.23. The molecule has 1 aliphatic heterocycles. The van der Waals surface area contributed by atoms with E-state index in [1.807, 2.05) is 13.8 Å². The van der Waals surface area contributed by atoms with Crippen molar-refractivity contribution in [2.75, 3.05) is 26.7 Å². The molecule has 0 spiro atoms. The predicted octanol–water partition coefficient (Wildman–Crippen LogP) is 3.74. The predicted molar refractivity (Wildman–Crippen MR) is 110 cm³/mol. The quantitative estimate of drug-likeness (QED) is 0.637. The van der Waals surface area contributed by atoms with Crippen molar-refractivity contribution in [3.63, 3.8) is 0 Å². The van der Waals surface area contributed by atoms with Crippen LogP contribution in [0.1, 0.15) is 32.3 Å². The number of benzene rings is 1. The topological polar surface area (TPSA) is 87.2 Å². The Morgan fingerprint density at radius 1 is 1.29 bits per heavy atom. The minimum Gasteiger partial charge on any atom is -0.503 e. The highest BCUT2D eigenvalue weighted by atomic mass is 35.5. The maximum absolute atomic E-state index is 12.6. The van der Waals surface area contributed by atoms with Gasteiger partial charge in [-0.2, -0.15) is 0 Å². The second-order valence-corrected chi connectivity index (χ2v) is 7.60. The molecule has 7 nitrogen and oxygen atoms in total. The Hall–Kier alpha value is -2.19. The van der Waals surface area contributed by atoms with E-state index in [0.717, 1.165) is 29.5 Å². The highest BCUT2D eigenvalue weighted by Gasteiger charge is 2.37. The fourth-order valence-electron chi connectivity index (χ4n) is 2.76. The van der Waals surface area contributed by atoms with Crippen molar-refractivity contribution in [3.05, 3.63) is 27.6 Å². The maximum Gasteiger partial charge on any atom is 0.294 e. The summed E-state index contributed by atoms with van der Waals surface area (Å²) < 4.78 is 5.04. The number of carbonyl (C=O) groups is 3. The van der Waals surface area contributed by atoms with Crippen LogP contribution < -0.4 is 4.74 Å². The van der Waals surface area contributed by atoms with Crippen LogP contribution >= 0.6 is 23.4 Å². The molecular weight excluding hydrogens is 404 g/mol. The van der Waals surface area contributed by atoms with Crippen LogP contribution in [0.25, 0.3) is 6.08 Å². The number of phenolic OH excluding ortho intramolecular Hbond substituents is 1. The molecule has 1 saturated heterocycles. The van der Waals surface area contributed by atoms with Gasteiger partial charge in [0.05, 0.1) is 17.0 Å². The number of amides is 3. The summed E-state index contributed by atoms with van der Waals surface area (Å²) in [7, 11) is 1.38. The lowest BCUT2D eigenvalue weighted by atomic mass is 10.2. The molecule has 0 bridgehead atoms. The van der Waals surface area contributed by atoms with E-state index in [2.05, 4.69) is 0 Å². The van der Waals surface area contributed by atoms with E-state index < -0.39 is 11.1 Å². The molecule has 152 valence electrons. The van der Waals surface area contributed by atoms with Crippen molar-refractivity contribution in [2.24, 2.45) is 0 Å². The Labute approximate surface area is 173 Å². The van der Waals surface area contributed by atoms with Gasteiger partial charge in [0.15, 0.2) is 11.5 Å². The first-order valence-electron chi connectivity index (χ1n) is 8.91. The van der Waals surface area contributed by atoms with E-state index in [0.29, 0.717) is 18.7 Å². The van der Waals surface area contributed by atoms with Gasteiger partial charge in [-0.25, -0.2) is 0 Å². The molecule has 0 aliphatic carbocycles. The number of ether oxygens (including phenoxy) is 1. The third-order valence-electron chi connectivity index (χ3n) is 4.08. The molecule has 1 aromatic rings. The van der Waals surface area contributed by atoms with E-state index >= 15 is 0 Å². The number of hydrogen-bond acceptors (Lipinski definition) is 6. The number of rotatable bonds is 8. The molecule has 1 N–H and O–H groups in total. The fraction of sp³-hybridized carbons (Fsp3) is 0.421. The first-order chi connectivity index (χ1) is 13.3. The molecule has 28 heavy (non-hydrogen) atoms. The molecule has 0 saturated carbocycles. The minimum atomic E-state index is -0.528. The number of methoxy groups -OCH3 is 1. The van der Waals surface area contributed by atoms with E-state index in [9.17, 15) is 19.5 Å². The highest BCUT2D eigenvalue weighted by molar-refractivity contribution is 8.18. The molecule has 1 heterocycles. The van der Waals surface area contributed by atoms with Gasteiger partial charge in [0.1, 0.15) is 6.54 Å². The van der Waals surface area contributed by atoms with Gasteiger partial charge in [0, 0.05) is 13.1 Å². The van der Waals surface area contributed by atoms with Gasteiger partial charge in [-0.1, -0.05) is 25.4 Å². The van der Waals surface area contributed by atoms with Gasteiger partial charge in [-0.15, -0.1) is 0 Å². The smallest absolute Gasteiger partial charge is 0.294 e. The van der Waals surface area contributed by atoms with Crippen molar-refractivity contribution in [2.45, 2.75) is 26.7 Å². The van der Waals surface area contributed by atoms with Gasteiger partial charge in [-0.3, -0.25) is 19.3 Å². The van der Waals surface area contributed by atoms with Crippen molar-refractivity contribution in [3.8, 4) is 11.5 Å². The number of halogens is 1. The standard InChI is InChI=1S/C19H23ClN2O5S/c1-4-6-21(7-5-2)16(23)11-22-18(25)15(28-19(22)26)10-12-8-13(20)17(24)14(9-12)27-3/h8-10,24H,4-7,11H2,1-3H3/b15-10-. The fourth-order valence-corrected chi connectivity index (χ4v) is 3.81. The zero-order valence-corrected chi connectivity index (χ0v) is 17.6. The number of phenols is 1. The first-order valence-corrected chi connectivity index (χ1v) is 10.1. The van der Waals surface area contributed by atoms with Crippen LogP contribution in [0.5, 0.6) is 11.5 Å². The van der Waals surface area contributed by atoms with Crippen LogP contribution in [-0.2, 0) is 9.59 Å². The van der Waals surface area contributed by atoms with Gasteiger partial charge >= 0.3 is 0 Å². The Morgan fingerprint density at radius 2 is 1.93 bits per heavy atom. The normalized spacial score (nSPS) is 15.4. The van der Waals surface area contributed by atoms with Crippen LogP contribution in [0.4, 0.5) is 4.79 Å². The Morgan fingerprint density at radius 3 is 2.50 bits per heavy atom. The summed E-state index contributed by atoms with van der Waals surface area (Å²) in [5.74, 6) is -0.823. The molecule has 0 aromatic heterocycles. The Kier molecular flexibility index (Phi) is 7.77. The molecular formula is C19H23ClN2O5S. The Balaban J connectivity index is 2.20. The summed E-state index contributed by atoms with van der Waals surface area (Å²) in [6.45, 7) is 4.84. The number of carbonyl (C=O) groups excluding carboxylic acids is 3.